The van der Waals surface area contributed by atoms with Crippen molar-refractivity contribution in [2.24, 2.45) is 11.8 Å². The third-order valence-electron chi connectivity index (χ3n) is 5.19. The predicted octanol–water partition coefficient (Wildman–Crippen LogP) is 1.57. The van der Waals surface area contributed by atoms with Crippen molar-refractivity contribution in [3.63, 3.8) is 0 Å². The molecule has 1 saturated carbocycles. The van der Waals surface area contributed by atoms with Crippen molar-refractivity contribution in [1.29, 1.82) is 0 Å². The number of rotatable bonds is 4. The zero-order valence-corrected chi connectivity index (χ0v) is 14.0. The number of hydrogen-bond acceptors (Lipinski definition) is 4. The molecule has 0 unspecified atom stereocenters. The standard InChI is InChI=1S/C18H27N3O2/c1-11-7-15(8-12(2)20-11)18(23)21-17(14-9-16(22)10-14)13-3-5-19-6-4-13/h7-8,13-14,16-17,19,22H,3-6,9-10H2,1-2H3,(H,21,23)/t14?,16?,17-/m1/s1. The molecule has 23 heavy (non-hydrogen) atoms. The maximum absolute atomic E-state index is 12.7. The number of nitrogens with zero attached hydrogens (tertiary/aromatic N) is 1. The van der Waals surface area contributed by atoms with Crippen LogP contribution < -0.4 is 10.6 Å². The van der Waals surface area contributed by atoms with Crippen molar-refractivity contribution in [2.75, 3.05) is 13.1 Å². The first-order valence-electron chi connectivity index (χ1n) is 8.68. The van der Waals surface area contributed by atoms with Crippen molar-refractivity contribution in [3.8, 4) is 0 Å². The Bertz CT molecular complexity index is 543. The Hall–Kier alpha value is -1.46. The molecule has 0 aromatic carbocycles. The van der Waals surface area contributed by atoms with Crippen molar-refractivity contribution >= 4 is 5.91 Å². The minimum absolute atomic E-state index is 0.0106. The fourth-order valence-corrected chi connectivity index (χ4v) is 3.95. The molecule has 126 valence electrons. The van der Waals surface area contributed by atoms with Gasteiger partial charge >= 0.3 is 0 Å². The van der Waals surface area contributed by atoms with E-state index in [1.165, 1.54) is 0 Å². The van der Waals surface area contributed by atoms with E-state index >= 15 is 0 Å². The number of pyridine rings is 1. The second kappa shape index (κ2) is 6.97. The van der Waals surface area contributed by atoms with E-state index in [-0.39, 0.29) is 18.1 Å². The van der Waals surface area contributed by atoms with Gasteiger partial charge in [0.15, 0.2) is 0 Å². The summed E-state index contributed by atoms with van der Waals surface area (Å²) in [5, 5.41) is 16.3. The predicted molar refractivity (Wildman–Crippen MR) is 89.3 cm³/mol. The van der Waals surface area contributed by atoms with Crippen LogP contribution in [0.2, 0.25) is 0 Å². The van der Waals surface area contributed by atoms with Gasteiger partial charge in [0.05, 0.1) is 6.10 Å². The third kappa shape index (κ3) is 3.90. The van der Waals surface area contributed by atoms with Gasteiger partial charge in [0, 0.05) is 23.0 Å². The van der Waals surface area contributed by atoms with E-state index in [1.54, 1.807) is 0 Å². The van der Waals surface area contributed by atoms with Crippen LogP contribution in [0.5, 0.6) is 0 Å². The molecule has 1 aliphatic carbocycles. The highest BCUT2D eigenvalue weighted by molar-refractivity contribution is 5.94. The normalized spacial score (nSPS) is 26.4. The number of aliphatic hydroxyl groups excluding tert-OH is 1. The van der Waals surface area contributed by atoms with E-state index in [2.05, 4.69) is 15.6 Å². The van der Waals surface area contributed by atoms with Gasteiger partial charge in [-0.15, -0.1) is 0 Å². The molecule has 1 atom stereocenters. The SMILES string of the molecule is Cc1cc(C(=O)N[C@H](C2CCNCC2)C2CC(O)C2)cc(C)n1. The van der Waals surface area contributed by atoms with E-state index in [0.717, 1.165) is 50.2 Å². The highest BCUT2D eigenvalue weighted by Gasteiger charge is 2.39. The summed E-state index contributed by atoms with van der Waals surface area (Å²) in [4.78, 5) is 17.0. The summed E-state index contributed by atoms with van der Waals surface area (Å²) < 4.78 is 0. The summed E-state index contributed by atoms with van der Waals surface area (Å²) in [7, 11) is 0. The molecular weight excluding hydrogens is 290 g/mol. The third-order valence-corrected chi connectivity index (χ3v) is 5.19. The molecule has 1 amide bonds. The van der Waals surface area contributed by atoms with Crippen LogP contribution in [0, 0.1) is 25.7 Å². The van der Waals surface area contributed by atoms with Gasteiger partial charge in [0.1, 0.15) is 0 Å². The van der Waals surface area contributed by atoms with E-state index in [1.807, 2.05) is 26.0 Å². The number of carbonyl (C=O) groups is 1. The molecule has 0 radical (unpaired) electrons. The van der Waals surface area contributed by atoms with Crippen molar-refractivity contribution < 1.29 is 9.90 Å². The van der Waals surface area contributed by atoms with Gasteiger partial charge in [-0.2, -0.15) is 0 Å². The lowest BCUT2D eigenvalue weighted by Gasteiger charge is -2.43. The first kappa shape index (κ1) is 16.4. The minimum atomic E-state index is -0.188. The summed E-state index contributed by atoms with van der Waals surface area (Å²) in [6.07, 6.45) is 3.61. The molecule has 3 rings (SSSR count). The van der Waals surface area contributed by atoms with Crippen LogP contribution in [0.25, 0.3) is 0 Å². The first-order chi connectivity index (χ1) is 11.0. The first-order valence-corrected chi connectivity index (χ1v) is 8.68. The summed E-state index contributed by atoms with van der Waals surface area (Å²) in [6.45, 7) is 5.85. The quantitative estimate of drug-likeness (QED) is 0.788. The number of piperidine rings is 1. The van der Waals surface area contributed by atoms with Gasteiger partial charge in [0.25, 0.3) is 5.91 Å². The fraction of sp³-hybridized carbons (Fsp3) is 0.667. The highest BCUT2D eigenvalue weighted by Crippen LogP contribution is 2.35. The average molecular weight is 317 g/mol. The lowest BCUT2D eigenvalue weighted by molar-refractivity contribution is 0.00919. The molecule has 2 fully saturated rings. The smallest absolute Gasteiger partial charge is 0.251 e. The Morgan fingerprint density at radius 2 is 1.83 bits per heavy atom. The van der Waals surface area contributed by atoms with Crippen LogP contribution in [-0.4, -0.2) is 41.2 Å². The van der Waals surface area contributed by atoms with Crippen molar-refractivity contribution in [3.05, 3.63) is 29.1 Å². The Kier molecular flexibility index (Phi) is 4.97. The number of amides is 1. The maximum atomic E-state index is 12.7. The number of nitrogens with one attached hydrogen (secondary N) is 2. The molecular formula is C18H27N3O2. The molecule has 5 heteroatoms. The summed E-state index contributed by atoms with van der Waals surface area (Å²) in [5.74, 6) is 0.895. The second-order valence-corrected chi connectivity index (χ2v) is 7.11. The molecule has 5 nitrogen and oxygen atoms in total. The fourth-order valence-electron chi connectivity index (χ4n) is 3.95. The Labute approximate surface area is 137 Å². The average Bonchev–Trinajstić information content (AvgIpc) is 2.49. The van der Waals surface area contributed by atoms with E-state index in [4.69, 9.17) is 0 Å². The van der Waals surface area contributed by atoms with Crippen LogP contribution in [0.15, 0.2) is 12.1 Å². The van der Waals surface area contributed by atoms with Gasteiger partial charge in [0.2, 0.25) is 0 Å². The number of carbonyl (C=O) groups excluding carboxylic acids is 1. The minimum Gasteiger partial charge on any atom is -0.393 e. The zero-order chi connectivity index (χ0) is 16.4. The maximum Gasteiger partial charge on any atom is 0.251 e. The van der Waals surface area contributed by atoms with Gasteiger partial charge in [-0.25, -0.2) is 0 Å². The lowest BCUT2D eigenvalue weighted by Crippen LogP contribution is -2.52. The monoisotopic (exact) mass is 317 g/mol. The van der Waals surface area contributed by atoms with Gasteiger partial charge in [-0.1, -0.05) is 0 Å². The summed E-state index contributed by atoms with van der Waals surface area (Å²) >= 11 is 0. The molecule has 1 aromatic heterocycles. The number of hydrogen-bond donors (Lipinski definition) is 3. The zero-order valence-electron chi connectivity index (χ0n) is 14.0. The highest BCUT2D eigenvalue weighted by atomic mass is 16.3. The number of aliphatic hydroxyl groups is 1. The van der Waals surface area contributed by atoms with Crippen molar-refractivity contribution in [1.82, 2.24) is 15.6 Å². The summed E-state index contributed by atoms with van der Waals surface area (Å²) in [6, 6.07) is 3.86. The van der Waals surface area contributed by atoms with E-state index in [0.29, 0.717) is 17.4 Å². The summed E-state index contributed by atoms with van der Waals surface area (Å²) in [5.41, 5.74) is 2.43. The van der Waals surface area contributed by atoms with Crippen LogP contribution in [-0.2, 0) is 0 Å². The number of aryl methyl sites for hydroxylation is 2. The van der Waals surface area contributed by atoms with E-state index < -0.39 is 0 Å². The molecule has 0 bridgehead atoms. The molecule has 1 aliphatic heterocycles. The lowest BCUT2D eigenvalue weighted by atomic mass is 9.71. The van der Waals surface area contributed by atoms with Crippen LogP contribution in [0.3, 0.4) is 0 Å². The van der Waals surface area contributed by atoms with Gasteiger partial charge in [-0.3, -0.25) is 9.78 Å². The topological polar surface area (TPSA) is 74.2 Å². The van der Waals surface area contributed by atoms with E-state index in [9.17, 15) is 9.90 Å². The van der Waals surface area contributed by atoms with Crippen LogP contribution >= 0.6 is 0 Å². The molecule has 1 saturated heterocycles. The molecule has 2 heterocycles. The molecule has 1 aromatic rings. The van der Waals surface area contributed by atoms with Gasteiger partial charge < -0.3 is 15.7 Å². The largest absolute Gasteiger partial charge is 0.393 e. The molecule has 3 N–H and O–H groups in total. The second-order valence-electron chi connectivity index (χ2n) is 7.11. The van der Waals surface area contributed by atoms with Crippen molar-refractivity contribution in [2.45, 2.75) is 51.7 Å². The van der Waals surface area contributed by atoms with Crippen LogP contribution in [0.1, 0.15) is 47.4 Å². The van der Waals surface area contributed by atoms with Crippen LogP contribution in [0.4, 0.5) is 0 Å². The Morgan fingerprint density at radius 1 is 1.22 bits per heavy atom. The molecule has 0 spiro atoms. The Morgan fingerprint density at radius 3 is 2.39 bits per heavy atom. The Balaban J connectivity index is 1.73. The number of aromatic nitrogens is 1. The van der Waals surface area contributed by atoms with Gasteiger partial charge in [-0.05, 0) is 76.6 Å². The molecule has 2 aliphatic rings.